The lowest BCUT2D eigenvalue weighted by atomic mass is 10.1. The number of carbonyl (C=O) groups excluding carboxylic acids is 2. The van der Waals surface area contributed by atoms with Gasteiger partial charge >= 0.3 is 0 Å². The number of amides is 2. The van der Waals surface area contributed by atoms with E-state index in [1.165, 1.54) is 5.56 Å². The molecule has 0 bridgehead atoms. The van der Waals surface area contributed by atoms with Crippen molar-refractivity contribution >= 4 is 33.4 Å². The quantitative estimate of drug-likeness (QED) is 0.874. The van der Waals surface area contributed by atoms with Crippen molar-refractivity contribution in [2.45, 2.75) is 19.9 Å². The van der Waals surface area contributed by atoms with Crippen molar-refractivity contribution in [3.05, 3.63) is 64.1 Å². The van der Waals surface area contributed by atoms with Gasteiger partial charge in [-0.1, -0.05) is 45.8 Å². The van der Waals surface area contributed by atoms with Crippen LogP contribution in [0.3, 0.4) is 0 Å². The van der Waals surface area contributed by atoms with E-state index in [1.807, 2.05) is 55.5 Å². The smallest absolute Gasteiger partial charge is 0.227 e. The molecule has 4 nitrogen and oxygen atoms in total. The Morgan fingerprint density at radius 2 is 2.00 bits per heavy atom. The number of hydrogen-bond donors (Lipinski definition) is 1. The number of anilines is 1. The highest BCUT2D eigenvalue weighted by Gasteiger charge is 2.34. The maximum atomic E-state index is 12.4. The largest absolute Gasteiger partial charge is 0.352 e. The van der Waals surface area contributed by atoms with Gasteiger partial charge in [0.2, 0.25) is 11.8 Å². The van der Waals surface area contributed by atoms with Crippen LogP contribution >= 0.6 is 15.9 Å². The number of halogens is 1. The van der Waals surface area contributed by atoms with Crippen LogP contribution in [0.4, 0.5) is 5.69 Å². The molecule has 24 heavy (non-hydrogen) atoms. The summed E-state index contributed by atoms with van der Waals surface area (Å²) >= 11 is 3.38. The molecule has 5 heteroatoms. The third kappa shape index (κ3) is 3.85. The van der Waals surface area contributed by atoms with E-state index in [-0.39, 0.29) is 24.2 Å². The summed E-state index contributed by atoms with van der Waals surface area (Å²) in [5.41, 5.74) is 3.06. The molecule has 0 spiro atoms. The minimum absolute atomic E-state index is 0.00646. The Kier molecular flexibility index (Phi) is 5.00. The molecule has 0 saturated carbocycles. The van der Waals surface area contributed by atoms with E-state index in [0.29, 0.717) is 13.1 Å². The molecule has 1 aliphatic heterocycles. The normalized spacial score (nSPS) is 17.2. The van der Waals surface area contributed by atoms with Gasteiger partial charge in [0.1, 0.15) is 0 Å². The first-order valence-electron chi connectivity index (χ1n) is 7.92. The Morgan fingerprint density at radius 1 is 1.25 bits per heavy atom. The Hall–Kier alpha value is -2.14. The number of carbonyl (C=O) groups is 2. The molecule has 0 aliphatic carbocycles. The average molecular weight is 387 g/mol. The van der Waals surface area contributed by atoms with Gasteiger partial charge in [-0.05, 0) is 36.8 Å². The summed E-state index contributed by atoms with van der Waals surface area (Å²) in [5.74, 6) is -0.372. The lowest BCUT2D eigenvalue weighted by molar-refractivity contribution is -0.126. The molecule has 124 valence electrons. The molecule has 0 aromatic heterocycles. The van der Waals surface area contributed by atoms with Gasteiger partial charge in [-0.25, -0.2) is 0 Å². The highest BCUT2D eigenvalue weighted by Crippen LogP contribution is 2.26. The fourth-order valence-electron chi connectivity index (χ4n) is 2.91. The van der Waals surface area contributed by atoms with Crippen LogP contribution in [-0.2, 0) is 16.1 Å². The number of benzene rings is 2. The van der Waals surface area contributed by atoms with E-state index in [4.69, 9.17) is 0 Å². The summed E-state index contributed by atoms with van der Waals surface area (Å²) in [7, 11) is 0. The number of nitrogens with one attached hydrogen (secondary N) is 1. The predicted molar refractivity (Wildman–Crippen MR) is 97.6 cm³/mol. The monoisotopic (exact) mass is 386 g/mol. The number of aryl methyl sites for hydroxylation is 1. The van der Waals surface area contributed by atoms with Gasteiger partial charge in [-0.15, -0.1) is 0 Å². The lowest BCUT2D eigenvalue weighted by Crippen LogP contribution is -2.32. The van der Waals surface area contributed by atoms with E-state index in [1.54, 1.807) is 4.90 Å². The molecule has 1 atom stereocenters. The zero-order valence-electron chi connectivity index (χ0n) is 13.5. The van der Waals surface area contributed by atoms with Gasteiger partial charge in [0.15, 0.2) is 0 Å². The molecular formula is C19H19BrN2O2. The third-order valence-corrected chi connectivity index (χ3v) is 4.71. The second kappa shape index (κ2) is 7.18. The van der Waals surface area contributed by atoms with Crippen LogP contribution in [0, 0.1) is 12.8 Å². The predicted octanol–water partition coefficient (Wildman–Crippen LogP) is 3.43. The van der Waals surface area contributed by atoms with Crippen molar-refractivity contribution in [2.24, 2.45) is 5.92 Å². The van der Waals surface area contributed by atoms with E-state index >= 15 is 0 Å². The van der Waals surface area contributed by atoms with Crippen molar-refractivity contribution in [3.63, 3.8) is 0 Å². The molecule has 1 saturated heterocycles. The maximum absolute atomic E-state index is 12.4. The van der Waals surface area contributed by atoms with Crippen molar-refractivity contribution in [3.8, 4) is 0 Å². The SMILES string of the molecule is Cc1cccc(CNC(=O)[C@H]2CC(=O)N(c3ccc(Br)cc3)C2)c1. The van der Waals surface area contributed by atoms with Gasteiger partial charge < -0.3 is 10.2 Å². The van der Waals surface area contributed by atoms with Crippen LogP contribution in [0.5, 0.6) is 0 Å². The second-order valence-corrected chi connectivity index (χ2v) is 7.00. The van der Waals surface area contributed by atoms with Crippen LogP contribution in [0.25, 0.3) is 0 Å². The van der Waals surface area contributed by atoms with Gasteiger partial charge in [0.05, 0.1) is 5.92 Å². The molecule has 1 heterocycles. The van der Waals surface area contributed by atoms with Crippen molar-refractivity contribution in [1.29, 1.82) is 0 Å². The molecule has 2 aromatic carbocycles. The molecule has 1 N–H and O–H groups in total. The first kappa shape index (κ1) is 16.7. The van der Waals surface area contributed by atoms with Gasteiger partial charge in [0, 0.05) is 29.7 Å². The van der Waals surface area contributed by atoms with Crippen LogP contribution in [0.2, 0.25) is 0 Å². The highest BCUT2D eigenvalue weighted by molar-refractivity contribution is 9.10. The number of hydrogen-bond acceptors (Lipinski definition) is 2. The fourth-order valence-corrected chi connectivity index (χ4v) is 3.17. The summed E-state index contributed by atoms with van der Waals surface area (Å²) in [6.07, 6.45) is 0.260. The molecular weight excluding hydrogens is 368 g/mol. The van der Waals surface area contributed by atoms with E-state index in [0.717, 1.165) is 15.7 Å². The summed E-state index contributed by atoms with van der Waals surface area (Å²) in [5, 5.41) is 2.94. The summed E-state index contributed by atoms with van der Waals surface area (Å²) < 4.78 is 0.963. The van der Waals surface area contributed by atoms with Crippen LogP contribution in [0.15, 0.2) is 53.0 Å². The van der Waals surface area contributed by atoms with Crippen molar-refractivity contribution in [2.75, 3.05) is 11.4 Å². The molecule has 1 aliphatic rings. The summed E-state index contributed by atoms with van der Waals surface area (Å²) in [6.45, 7) is 2.95. The van der Waals surface area contributed by atoms with Crippen LogP contribution in [-0.4, -0.2) is 18.4 Å². The first-order valence-corrected chi connectivity index (χ1v) is 8.71. The molecule has 0 radical (unpaired) electrons. The van der Waals surface area contributed by atoms with Gasteiger partial charge in [-0.3, -0.25) is 9.59 Å². The van der Waals surface area contributed by atoms with Crippen molar-refractivity contribution < 1.29 is 9.59 Å². The Bertz CT molecular complexity index is 758. The van der Waals surface area contributed by atoms with Gasteiger partial charge in [0.25, 0.3) is 0 Å². The lowest BCUT2D eigenvalue weighted by Gasteiger charge is -2.17. The van der Waals surface area contributed by atoms with E-state index < -0.39 is 0 Å². The minimum Gasteiger partial charge on any atom is -0.352 e. The Morgan fingerprint density at radius 3 is 2.71 bits per heavy atom. The van der Waals surface area contributed by atoms with E-state index in [9.17, 15) is 9.59 Å². The van der Waals surface area contributed by atoms with E-state index in [2.05, 4.69) is 21.2 Å². The molecule has 2 aromatic rings. The van der Waals surface area contributed by atoms with Crippen molar-refractivity contribution in [1.82, 2.24) is 5.32 Å². The van der Waals surface area contributed by atoms with Crippen LogP contribution in [0.1, 0.15) is 17.5 Å². The number of rotatable bonds is 4. The minimum atomic E-state index is -0.300. The van der Waals surface area contributed by atoms with Gasteiger partial charge in [-0.2, -0.15) is 0 Å². The first-order chi connectivity index (χ1) is 11.5. The fraction of sp³-hybridized carbons (Fsp3) is 0.263. The standard InChI is InChI=1S/C19H19BrN2O2/c1-13-3-2-4-14(9-13)11-21-19(24)15-10-18(23)22(12-15)17-7-5-16(20)6-8-17/h2-9,15H,10-12H2,1H3,(H,21,24)/t15-/m0/s1. The molecule has 3 rings (SSSR count). The zero-order valence-corrected chi connectivity index (χ0v) is 15.0. The molecule has 2 amide bonds. The summed E-state index contributed by atoms with van der Waals surface area (Å²) in [4.78, 5) is 26.3. The molecule has 0 unspecified atom stereocenters. The topological polar surface area (TPSA) is 49.4 Å². The maximum Gasteiger partial charge on any atom is 0.227 e. The van der Waals surface area contributed by atoms with Crippen LogP contribution < -0.4 is 10.2 Å². The zero-order chi connectivity index (χ0) is 17.1. The average Bonchev–Trinajstić information content (AvgIpc) is 2.95. The second-order valence-electron chi connectivity index (χ2n) is 6.09. The molecule has 1 fully saturated rings. The number of nitrogens with zero attached hydrogens (tertiary/aromatic N) is 1. The summed E-state index contributed by atoms with van der Waals surface area (Å²) in [6, 6.07) is 15.6. The Balaban J connectivity index is 1.60. The third-order valence-electron chi connectivity index (χ3n) is 4.18. The highest BCUT2D eigenvalue weighted by atomic mass is 79.9. The Labute approximate surface area is 150 Å².